The normalized spacial score (nSPS) is 16.4. The predicted octanol–water partition coefficient (Wildman–Crippen LogP) is 2.01. The number of piperazine rings is 1. The largest absolute Gasteiger partial charge is 0.493 e. The highest BCUT2D eigenvalue weighted by Crippen LogP contribution is 2.31. The molecule has 0 amide bonds. The molecule has 30 heavy (non-hydrogen) atoms. The van der Waals surface area contributed by atoms with Crippen molar-refractivity contribution in [1.29, 1.82) is 0 Å². The fraction of sp³-hybridized carbons (Fsp3) is 0.318. The van der Waals surface area contributed by atoms with Gasteiger partial charge in [-0.05, 0) is 29.8 Å². The number of benzene rings is 1. The summed E-state index contributed by atoms with van der Waals surface area (Å²) >= 11 is 0. The van der Waals surface area contributed by atoms with Crippen LogP contribution in [-0.4, -0.2) is 48.4 Å². The molecule has 156 valence electrons. The van der Waals surface area contributed by atoms with Gasteiger partial charge in [0.25, 0.3) is 5.56 Å². The molecular weight excluding hydrogens is 382 g/mol. The van der Waals surface area contributed by atoms with Crippen LogP contribution in [0.4, 0.5) is 5.95 Å². The highest BCUT2D eigenvalue weighted by Gasteiger charge is 2.25. The smallest absolute Gasteiger partial charge is 0.255 e. The van der Waals surface area contributed by atoms with E-state index in [4.69, 9.17) is 14.5 Å². The van der Waals surface area contributed by atoms with Crippen LogP contribution >= 0.6 is 0 Å². The van der Waals surface area contributed by atoms with Crippen molar-refractivity contribution in [2.45, 2.75) is 6.04 Å². The van der Waals surface area contributed by atoms with Gasteiger partial charge < -0.3 is 19.7 Å². The van der Waals surface area contributed by atoms with Crippen molar-refractivity contribution in [1.82, 2.24) is 19.9 Å². The van der Waals surface area contributed by atoms with E-state index in [9.17, 15) is 4.79 Å². The van der Waals surface area contributed by atoms with Crippen molar-refractivity contribution < 1.29 is 9.47 Å². The van der Waals surface area contributed by atoms with E-state index in [1.165, 1.54) is 0 Å². The van der Waals surface area contributed by atoms with Gasteiger partial charge in [0.05, 0.1) is 26.0 Å². The van der Waals surface area contributed by atoms with Gasteiger partial charge in [0, 0.05) is 50.7 Å². The second-order valence-corrected chi connectivity index (χ2v) is 7.14. The van der Waals surface area contributed by atoms with Gasteiger partial charge in [-0.15, -0.1) is 0 Å². The molecule has 1 aliphatic heterocycles. The van der Waals surface area contributed by atoms with Gasteiger partial charge in [0.1, 0.15) is 0 Å². The van der Waals surface area contributed by atoms with Crippen molar-refractivity contribution in [3.05, 3.63) is 64.7 Å². The molecule has 3 aromatic rings. The second-order valence-electron chi connectivity index (χ2n) is 7.14. The highest BCUT2D eigenvalue weighted by molar-refractivity contribution is 5.59. The van der Waals surface area contributed by atoms with E-state index >= 15 is 0 Å². The highest BCUT2D eigenvalue weighted by atomic mass is 16.5. The first-order valence-corrected chi connectivity index (χ1v) is 9.79. The lowest BCUT2D eigenvalue weighted by Crippen LogP contribution is -2.47. The quantitative estimate of drug-likeness (QED) is 0.693. The summed E-state index contributed by atoms with van der Waals surface area (Å²) in [5.74, 6) is 2.04. The molecule has 0 radical (unpaired) electrons. The average molecular weight is 407 g/mol. The molecule has 1 aliphatic rings. The minimum atomic E-state index is -0.0898. The van der Waals surface area contributed by atoms with Crippen molar-refractivity contribution in [3.8, 4) is 22.8 Å². The Balaban J connectivity index is 1.65. The minimum absolute atomic E-state index is 0.0695. The van der Waals surface area contributed by atoms with Crippen LogP contribution in [0.5, 0.6) is 11.5 Å². The molecule has 0 aliphatic carbocycles. The monoisotopic (exact) mass is 407 g/mol. The lowest BCUT2D eigenvalue weighted by Gasteiger charge is -2.35. The van der Waals surface area contributed by atoms with E-state index in [0.717, 1.165) is 24.2 Å². The van der Waals surface area contributed by atoms with E-state index in [1.54, 1.807) is 44.3 Å². The maximum absolute atomic E-state index is 12.6. The maximum Gasteiger partial charge on any atom is 0.255 e. The molecule has 1 fully saturated rings. The Morgan fingerprint density at radius 2 is 1.83 bits per heavy atom. The van der Waals surface area contributed by atoms with Crippen LogP contribution in [0.15, 0.2) is 53.6 Å². The zero-order valence-electron chi connectivity index (χ0n) is 17.3. The van der Waals surface area contributed by atoms with E-state index in [2.05, 4.69) is 15.2 Å². The number of rotatable bonds is 5. The van der Waals surface area contributed by atoms with Gasteiger partial charge in [-0.2, -0.15) is 0 Å². The van der Waals surface area contributed by atoms with E-state index in [0.29, 0.717) is 29.7 Å². The van der Waals surface area contributed by atoms with E-state index < -0.39 is 0 Å². The summed E-state index contributed by atoms with van der Waals surface area (Å²) in [6.07, 6.45) is 3.40. The number of nitrogens with one attached hydrogen (secondary N) is 1. The fourth-order valence-electron chi connectivity index (χ4n) is 3.71. The summed E-state index contributed by atoms with van der Waals surface area (Å²) in [6, 6.07) is 11.3. The molecule has 1 saturated heterocycles. The van der Waals surface area contributed by atoms with Gasteiger partial charge in [0.15, 0.2) is 11.5 Å². The summed E-state index contributed by atoms with van der Waals surface area (Å²) in [5.41, 5.74) is 2.52. The zero-order chi connectivity index (χ0) is 21.1. The lowest BCUT2D eigenvalue weighted by atomic mass is 10.0. The van der Waals surface area contributed by atoms with Crippen LogP contribution in [0.1, 0.15) is 11.6 Å². The Bertz CT molecular complexity index is 1080. The Kier molecular flexibility index (Phi) is 5.67. The molecule has 0 saturated carbocycles. The van der Waals surface area contributed by atoms with Crippen molar-refractivity contribution in [2.24, 2.45) is 7.05 Å². The van der Waals surface area contributed by atoms with Crippen LogP contribution < -0.4 is 25.2 Å². The summed E-state index contributed by atoms with van der Waals surface area (Å²) in [6.45, 7) is 2.20. The number of hydrogen-bond donors (Lipinski definition) is 1. The standard InChI is InChI=1S/C22H25N5O3/c1-26-21(28)13-17(15-6-8-23-9-7-15)25-22(26)27-11-10-24-18(14-27)16-4-5-19(29-2)20(12-16)30-3/h4-9,12-13,18,24H,10-11,14H2,1-3H3. The summed E-state index contributed by atoms with van der Waals surface area (Å²) < 4.78 is 12.4. The number of pyridine rings is 1. The number of methoxy groups -OCH3 is 2. The van der Waals surface area contributed by atoms with Gasteiger partial charge in [-0.25, -0.2) is 4.98 Å². The Morgan fingerprint density at radius 1 is 1.07 bits per heavy atom. The molecule has 8 nitrogen and oxygen atoms in total. The SMILES string of the molecule is COc1ccc(C2CN(c3nc(-c4ccncc4)cc(=O)n3C)CCN2)cc1OC. The second kappa shape index (κ2) is 8.54. The van der Waals surface area contributed by atoms with Gasteiger partial charge in [-0.3, -0.25) is 14.3 Å². The maximum atomic E-state index is 12.6. The summed E-state index contributed by atoms with van der Waals surface area (Å²) in [7, 11) is 5.01. The van der Waals surface area contributed by atoms with E-state index in [1.807, 2.05) is 30.3 Å². The van der Waals surface area contributed by atoms with Gasteiger partial charge >= 0.3 is 0 Å². The van der Waals surface area contributed by atoms with Crippen LogP contribution in [0.25, 0.3) is 11.3 Å². The Morgan fingerprint density at radius 3 is 2.57 bits per heavy atom. The third-order valence-electron chi connectivity index (χ3n) is 5.36. The number of anilines is 1. The van der Waals surface area contributed by atoms with Crippen LogP contribution in [-0.2, 0) is 7.05 Å². The molecule has 3 heterocycles. The molecule has 2 aromatic heterocycles. The number of hydrogen-bond acceptors (Lipinski definition) is 7. The molecule has 1 N–H and O–H groups in total. The molecule has 1 unspecified atom stereocenters. The summed E-state index contributed by atoms with van der Waals surface area (Å²) in [5, 5.41) is 3.54. The molecule has 0 spiro atoms. The van der Waals surface area contributed by atoms with Gasteiger partial charge in [-0.1, -0.05) is 6.07 Å². The van der Waals surface area contributed by atoms with Crippen LogP contribution in [0.3, 0.4) is 0 Å². The lowest BCUT2D eigenvalue weighted by molar-refractivity contribution is 0.353. The molecule has 0 bridgehead atoms. The third-order valence-corrected chi connectivity index (χ3v) is 5.36. The van der Waals surface area contributed by atoms with Gasteiger partial charge in [0.2, 0.25) is 5.95 Å². The number of ether oxygens (including phenoxy) is 2. The minimum Gasteiger partial charge on any atom is -0.493 e. The topological polar surface area (TPSA) is 81.5 Å². The Labute approximate surface area is 175 Å². The first-order valence-electron chi connectivity index (χ1n) is 9.79. The first-order chi connectivity index (χ1) is 14.6. The molecule has 8 heteroatoms. The predicted molar refractivity (Wildman–Crippen MR) is 115 cm³/mol. The Hall–Kier alpha value is -3.39. The zero-order valence-corrected chi connectivity index (χ0v) is 17.3. The average Bonchev–Trinajstić information content (AvgIpc) is 2.81. The molecule has 4 rings (SSSR count). The molecule has 1 aromatic carbocycles. The van der Waals surface area contributed by atoms with Crippen molar-refractivity contribution in [2.75, 3.05) is 38.8 Å². The first kappa shape index (κ1) is 19.9. The van der Waals surface area contributed by atoms with E-state index in [-0.39, 0.29) is 11.6 Å². The van der Waals surface area contributed by atoms with Crippen molar-refractivity contribution in [3.63, 3.8) is 0 Å². The van der Waals surface area contributed by atoms with Crippen molar-refractivity contribution >= 4 is 5.95 Å². The van der Waals surface area contributed by atoms with Crippen LogP contribution in [0, 0.1) is 0 Å². The fourth-order valence-corrected chi connectivity index (χ4v) is 3.71. The number of aromatic nitrogens is 3. The number of nitrogens with zero attached hydrogens (tertiary/aromatic N) is 4. The van der Waals surface area contributed by atoms with Crippen LogP contribution in [0.2, 0.25) is 0 Å². The molecular formula is C22H25N5O3. The third kappa shape index (κ3) is 3.86. The summed E-state index contributed by atoms with van der Waals surface area (Å²) in [4.78, 5) is 23.6. The molecule has 1 atom stereocenters.